The Labute approximate surface area is 138 Å². The predicted octanol–water partition coefficient (Wildman–Crippen LogP) is 4.63. The van der Waals surface area contributed by atoms with Crippen LogP contribution in [-0.2, 0) is 11.3 Å². The van der Waals surface area contributed by atoms with Crippen molar-refractivity contribution in [2.75, 3.05) is 0 Å². The van der Waals surface area contributed by atoms with Crippen LogP contribution in [0.5, 0.6) is 0 Å². The summed E-state index contributed by atoms with van der Waals surface area (Å²) in [4.78, 5) is 18.2. The number of benzene rings is 1. The molecule has 2 saturated carbocycles. The van der Waals surface area contributed by atoms with Gasteiger partial charge in [-0.3, -0.25) is 4.79 Å². The minimum atomic E-state index is 0.381. The summed E-state index contributed by atoms with van der Waals surface area (Å²) in [5, 5.41) is 1.24. The Hall–Kier alpha value is -1.77. The number of H-pyrrole nitrogens is 1. The molecule has 1 N–H and O–H groups in total. The van der Waals surface area contributed by atoms with Crippen LogP contribution in [0.2, 0.25) is 0 Å². The number of hydrogen-bond donors (Lipinski definition) is 1. The van der Waals surface area contributed by atoms with Gasteiger partial charge in [-0.25, -0.2) is 0 Å². The van der Waals surface area contributed by atoms with Crippen molar-refractivity contribution in [3.8, 4) is 0 Å². The Morgan fingerprint density at radius 3 is 2.70 bits per heavy atom. The van der Waals surface area contributed by atoms with Gasteiger partial charge < -0.3 is 9.88 Å². The largest absolute Gasteiger partial charge is 0.361 e. The van der Waals surface area contributed by atoms with Crippen LogP contribution in [0.25, 0.3) is 10.9 Å². The van der Waals surface area contributed by atoms with Crippen molar-refractivity contribution in [1.82, 2.24) is 9.88 Å². The molecular weight excluding hydrogens is 284 g/mol. The molecule has 1 heterocycles. The highest BCUT2D eigenvalue weighted by Gasteiger charge is 2.33. The van der Waals surface area contributed by atoms with Crippen LogP contribution < -0.4 is 0 Å². The standard InChI is InChI=1S/C20H26N2O/c23-20(13-15-4-2-1-3-5-15)22(18-8-9-18)14-16-6-7-17-10-11-21-19(17)12-16/h6-7,10-12,15,18,21H,1-5,8-9,13-14H2. The van der Waals surface area contributed by atoms with Crippen molar-refractivity contribution < 1.29 is 4.79 Å². The van der Waals surface area contributed by atoms with E-state index in [0.29, 0.717) is 17.9 Å². The molecule has 2 aliphatic carbocycles. The van der Waals surface area contributed by atoms with E-state index in [1.807, 2.05) is 6.20 Å². The molecule has 2 aliphatic rings. The molecule has 0 radical (unpaired) electrons. The lowest BCUT2D eigenvalue weighted by Crippen LogP contribution is -2.34. The fourth-order valence-electron chi connectivity index (χ4n) is 3.95. The first-order valence-corrected chi connectivity index (χ1v) is 9.15. The Morgan fingerprint density at radius 1 is 1.09 bits per heavy atom. The molecule has 1 aromatic heterocycles. The van der Waals surface area contributed by atoms with E-state index in [-0.39, 0.29) is 0 Å². The van der Waals surface area contributed by atoms with Gasteiger partial charge in [-0.15, -0.1) is 0 Å². The smallest absolute Gasteiger partial charge is 0.223 e. The quantitative estimate of drug-likeness (QED) is 0.859. The van der Waals surface area contributed by atoms with Gasteiger partial charge in [-0.05, 0) is 54.7 Å². The van der Waals surface area contributed by atoms with Crippen molar-refractivity contribution in [2.24, 2.45) is 5.92 Å². The maximum Gasteiger partial charge on any atom is 0.223 e. The van der Waals surface area contributed by atoms with Crippen LogP contribution in [0.15, 0.2) is 30.5 Å². The average Bonchev–Trinajstić information content (AvgIpc) is 3.30. The number of nitrogens with one attached hydrogen (secondary N) is 1. The number of rotatable bonds is 5. The number of aromatic amines is 1. The molecule has 23 heavy (non-hydrogen) atoms. The van der Waals surface area contributed by atoms with E-state index < -0.39 is 0 Å². The number of amides is 1. The summed E-state index contributed by atoms with van der Waals surface area (Å²) < 4.78 is 0. The molecule has 122 valence electrons. The van der Waals surface area contributed by atoms with Crippen LogP contribution >= 0.6 is 0 Å². The number of carbonyl (C=O) groups excluding carboxylic acids is 1. The molecule has 3 nitrogen and oxygen atoms in total. The summed E-state index contributed by atoms with van der Waals surface area (Å²) in [7, 11) is 0. The number of carbonyl (C=O) groups is 1. The first kappa shape index (κ1) is 14.8. The highest BCUT2D eigenvalue weighted by atomic mass is 16.2. The van der Waals surface area contributed by atoms with Gasteiger partial charge in [-0.2, -0.15) is 0 Å². The van der Waals surface area contributed by atoms with Gasteiger partial charge in [0.25, 0.3) is 0 Å². The molecule has 0 atom stereocenters. The third-order valence-electron chi connectivity index (χ3n) is 5.47. The molecule has 0 bridgehead atoms. The zero-order valence-corrected chi connectivity index (χ0v) is 13.8. The summed E-state index contributed by atoms with van der Waals surface area (Å²) in [5.41, 5.74) is 2.40. The molecule has 0 spiro atoms. The number of nitrogens with zero attached hydrogens (tertiary/aromatic N) is 1. The highest BCUT2D eigenvalue weighted by Crippen LogP contribution is 2.32. The second-order valence-electron chi connectivity index (χ2n) is 7.36. The third-order valence-corrected chi connectivity index (χ3v) is 5.47. The number of fused-ring (bicyclic) bond motifs is 1. The summed E-state index contributed by atoms with van der Waals surface area (Å²) in [5.74, 6) is 1.01. The zero-order valence-electron chi connectivity index (χ0n) is 13.8. The van der Waals surface area contributed by atoms with Crippen LogP contribution in [-0.4, -0.2) is 21.8 Å². The Bertz CT molecular complexity index is 680. The van der Waals surface area contributed by atoms with Gasteiger partial charge in [0.2, 0.25) is 5.91 Å². The van der Waals surface area contributed by atoms with Crippen molar-refractivity contribution >= 4 is 16.8 Å². The number of hydrogen-bond acceptors (Lipinski definition) is 1. The molecular formula is C20H26N2O. The van der Waals surface area contributed by atoms with E-state index in [2.05, 4.69) is 34.1 Å². The number of aromatic nitrogens is 1. The molecule has 4 rings (SSSR count). The van der Waals surface area contributed by atoms with Crippen molar-refractivity contribution in [3.63, 3.8) is 0 Å². The van der Waals surface area contributed by atoms with Gasteiger partial charge in [-0.1, -0.05) is 31.4 Å². The van der Waals surface area contributed by atoms with E-state index in [9.17, 15) is 4.79 Å². The fourth-order valence-corrected chi connectivity index (χ4v) is 3.95. The van der Waals surface area contributed by atoms with Crippen molar-refractivity contribution in [3.05, 3.63) is 36.0 Å². The Balaban J connectivity index is 1.45. The van der Waals surface area contributed by atoms with Crippen LogP contribution in [0.1, 0.15) is 56.9 Å². The zero-order chi connectivity index (χ0) is 15.6. The third kappa shape index (κ3) is 3.44. The van der Waals surface area contributed by atoms with Crippen LogP contribution in [0.4, 0.5) is 0 Å². The molecule has 1 aromatic carbocycles. The molecule has 0 saturated heterocycles. The summed E-state index contributed by atoms with van der Waals surface area (Å²) in [6, 6.07) is 9.09. The van der Waals surface area contributed by atoms with Crippen LogP contribution in [0.3, 0.4) is 0 Å². The van der Waals surface area contributed by atoms with Gasteiger partial charge in [0.1, 0.15) is 0 Å². The highest BCUT2D eigenvalue weighted by molar-refractivity contribution is 5.80. The van der Waals surface area contributed by atoms with Crippen LogP contribution in [0, 0.1) is 5.92 Å². The van der Waals surface area contributed by atoms with E-state index in [1.54, 1.807) is 0 Å². The van der Waals surface area contributed by atoms with Gasteiger partial charge in [0.05, 0.1) is 0 Å². The van der Waals surface area contributed by atoms with Gasteiger partial charge >= 0.3 is 0 Å². The van der Waals surface area contributed by atoms with E-state index in [1.165, 1.54) is 55.9 Å². The fraction of sp³-hybridized carbons (Fsp3) is 0.550. The lowest BCUT2D eigenvalue weighted by atomic mass is 9.86. The summed E-state index contributed by atoms with van der Waals surface area (Å²) >= 11 is 0. The Kier molecular flexibility index (Phi) is 4.11. The lowest BCUT2D eigenvalue weighted by Gasteiger charge is -2.27. The monoisotopic (exact) mass is 310 g/mol. The lowest BCUT2D eigenvalue weighted by molar-refractivity contribution is -0.133. The molecule has 1 amide bonds. The van der Waals surface area contributed by atoms with E-state index in [0.717, 1.165) is 18.5 Å². The normalized spacial score (nSPS) is 19.1. The van der Waals surface area contributed by atoms with E-state index >= 15 is 0 Å². The van der Waals surface area contributed by atoms with Gasteiger partial charge in [0.15, 0.2) is 0 Å². The molecule has 2 fully saturated rings. The SMILES string of the molecule is O=C(CC1CCCCC1)N(Cc1ccc2cc[nH]c2c1)C1CC1. The second-order valence-corrected chi connectivity index (χ2v) is 7.36. The minimum absolute atomic E-state index is 0.381. The summed E-state index contributed by atoms with van der Waals surface area (Å²) in [6.07, 6.45) is 11.6. The topological polar surface area (TPSA) is 36.1 Å². The minimum Gasteiger partial charge on any atom is -0.361 e. The van der Waals surface area contributed by atoms with Crippen molar-refractivity contribution in [2.45, 2.75) is 64.0 Å². The molecule has 0 unspecified atom stereocenters. The van der Waals surface area contributed by atoms with Crippen molar-refractivity contribution in [1.29, 1.82) is 0 Å². The molecule has 0 aliphatic heterocycles. The molecule has 3 heteroatoms. The van der Waals surface area contributed by atoms with E-state index in [4.69, 9.17) is 0 Å². The second kappa shape index (κ2) is 6.38. The Morgan fingerprint density at radius 2 is 1.91 bits per heavy atom. The summed E-state index contributed by atoms with van der Waals surface area (Å²) in [6.45, 7) is 0.769. The first-order valence-electron chi connectivity index (χ1n) is 9.15. The average molecular weight is 310 g/mol. The maximum absolute atomic E-state index is 12.8. The molecule has 2 aromatic rings. The van der Waals surface area contributed by atoms with Gasteiger partial charge in [0, 0.05) is 30.7 Å². The first-order chi connectivity index (χ1) is 11.3. The predicted molar refractivity (Wildman–Crippen MR) is 93.1 cm³/mol. The maximum atomic E-state index is 12.8.